The molecule has 0 aliphatic carbocycles. The summed E-state index contributed by atoms with van der Waals surface area (Å²) in [4.78, 5) is 21.2. The molecule has 7 heteroatoms. The standard InChI is InChI=1S/C21H38N4O3/c1-21(2,3)18-16(7-5-14-28-18)15-23-20(22-4)25-11-9-24(10-12-25)19(26)17-8-6-13-27-17/h16-18H,5-15H2,1-4H3,(H,22,23). The third kappa shape index (κ3) is 5.17. The van der Waals surface area contributed by atoms with Gasteiger partial charge in [0.25, 0.3) is 5.91 Å². The molecule has 0 spiro atoms. The molecule has 3 fully saturated rings. The van der Waals surface area contributed by atoms with Crippen LogP contribution >= 0.6 is 0 Å². The molecule has 3 aliphatic heterocycles. The molecule has 0 radical (unpaired) electrons. The van der Waals surface area contributed by atoms with E-state index in [1.807, 2.05) is 11.9 Å². The highest BCUT2D eigenvalue weighted by Gasteiger charge is 2.36. The lowest BCUT2D eigenvalue weighted by molar-refractivity contribution is -0.142. The van der Waals surface area contributed by atoms with E-state index >= 15 is 0 Å². The van der Waals surface area contributed by atoms with Crippen molar-refractivity contribution in [3.05, 3.63) is 0 Å². The molecule has 28 heavy (non-hydrogen) atoms. The molecule has 7 nitrogen and oxygen atoms in total. The zero-order chi connectivity index (χ0) is 20.1. The average Bonchev–Trinajstić information content (AvgIpc) is 3.23. The Hall–Kier alpha value is -1.34. The van der Waals surface area contributed by atoms with Crippen LogP contribution in [0.4, 0.5) is 0 Å². The summed E-state index contributed by atoms with van der Waals surface area (Å²) in [6, 6.07) is 0. The molecule has 160 valence electrons. The first-order valence-electron chi connectivity index (χ1n) is 10.9. The lowest BCUT2D eigenvalue weighted by atomic mass is 9.78. The number of amides is 1. The Bertz CT molecular complexity index is 546. The van der Waals surface area contributed by atoms with Crippen molar-refractivity contribution in [1.29, 1.82) is 0 Å². The number of hydrogen-bond donors (Lipinski definition) is 1. The first-order chi connectivity index (χ1) is 13.4. The topological polar surface area (TPSA) is 66.4 Å². The maximum absolute atomic E-state index is 12.5. The monoisotopic (exact) mass is 394 g/mol. The molecule has 1 N–H and O–H groups in total. The lowest BCUT2D eigenvalue weighted by Gasteiger charge is -2.41. The Kier molecular flexibility index (Phi) is 7.20. The van der Waals surface area contributed by atoms with Gasteiger partial charge in [-0.1, -0.05) is 20.8 Å². The van der Waals surface area contributed by atoms with E-state index in [1.54, 1.807) is 0 Å². The van der Waals surface area contributed by atoms with Crippen LogP contribution in [0.5, 0.6) is 0 Å². The van der Waals surface area contributed by atoms with E-state index in [0.29, 0.717) is 12.5 Å². The van der Waals surface area contributed by atoms with Crippen LogP contribution in [0.25, 0.3) is 0 Å². The van der Waals surface area contributed by atoms with Crippen molar-refractivity contribution in [2.45, 2.75) is 58.7 Å². The van der Waals surface area contributed by atoms with E-state index in [4.69, 9.17) is 9.47 Å². The third-order valence-electron chi connectivity index (χ3n) is 6.13. The average molecular weight is 395 g/mol. The van der Waals surface area contributed by atoms with Gasteiger partial charge in [0.1, 0.15) is 6.10 Å². The van der Waals surface area contributed by atoms with Gasteiger partial charge in [-0.3, -0.25) is 9.79 Å². The van der Waals surface area contributed by atoms with Crippen LogP contribution in [0.15, 0.2) is 4.99 Å². The fourth-order valence-electron chi connectivity index (χ4n) is 4.68. The second-order valence-electron chi connectivity index (χ2n) is 9.30. The molecule has 0 saturated carbocycles. The SMILES string of the molecule is CN=C(NCC1CCCOC1C(C)(C)C)N1CCN(C(=O)C2CCCO2)CC1. The van der Waals surface area contributed by atoms with Crippen LogP contribution in [0, 0.1) is 11.3 Å². The quantitative estimate of drug-likeness (QED) is 0.583. The molecular weight excluding hydrogens is 356 g/mol. The van der Waals surface area contributed by atoms with Crippen molar-refractivity contribution >= 4 is 11.9 Å². The Morgan fingerprint density at radius 1 is 1.04 bits per heavy atom. The van der Waals surface area contributed by atoms with Crippen molar-refractivity contribution < 1.29 is 14.3 Å². The van der Waals surface area contributed by atoms with E-state index in [2.05, 4.69) is 36.0 Å². The summed E-state index contributed by atoms with van der Waals surface area (Å²) in [6.45, 7) is 12.3. The Morgan fingerprint density at radius 3 is 2.29 bits per heavy atom. The minimum atomic E-state index is -0.218. The van der Waals surface area contributed by atoms with E-state index < -0.39 is 0 Å². The minimum absolute atomic E-state index is 0.143. The van der Waals surface area contributed by atoms with Crippen molar-refractivity contribution in [1.82, 2.24) is 15.1 Å². The normalized spacial score (nSPS) is 29.9. The maximum Gasteiger partial charge on any atom is 0.251 e. The number of carbonyl (C=O) groups is 1. The summed E-state index contributed by atoms with van der Waals surface area (Å²) >= 11 is 0. The summed E-state index contributed by atoms with van der Waals surface area (Å²) in [6.07, 6.45) is 4.22. The molecular formula is C21H38N4O3. The van der Waals surface area contributed by atoms with Gasteiger partial charge in [0, 0.05) is 58.9 Å². The van der Waals surface area contributed by atoms with Crippen molar-refractivity contribution in [3.8, 4) is 0 Å². The van der Waals surface area contributed by atoms with Gasteiger partial charge in [-0.25, -0.2) is 0 Å². The van der Waals surface area contributed by atoms with Crippen LogP contribution < -0.4 is 5.32 Å². The third-order valence-corrected chi connectivity index (χ3v) is 6.13. The summed E-state index contributed by atoms with van der Waals surface area (Å²) in [5.74, 6) is 1.59. The van der Waals surface area contributed by atoms with E-state index in [-0.39, 0.29) is 23.5 Å². The molecule has 1 amide bonds. The molecule has 0 aromatic heterocycles. The number of ether oxygens (including phenoxy) is 2. The predicted molar refractivity (Wildman–Crippen MR) is 110 cm³/mol. The molecule has 0 aromatic carbocycles. The minimum Gasteiger partial charge on any atom is -0.377 e. The first kappa shape index (κ1) is 21.4. The van der Waals surface area contributed by atoms with Crippen LogP contribution in [0.2, 0.25) is 0 Å². The fraction of sp³-hybridized carbons (Fsp3) is 0.905. The second kappa shape index (κ2) is 9.44. The van der Waals surface area contributed by atoms with Gasteiger partial charge in [0.05, 0.1) is 6.10 Å². The predicted octanol–water partition coefficient (Wildman–Crippen LogP) is 1.73. The molecule has 3 atom stereocenters. The van der Waals surface area contributed by atoms with Crippen LogP contribution in [-0.2, 0) is 14.3 Å². The van der Waals surface area contributed by atoms with Crippen molar-refractivity contribution in [3.63, 3.8) is 0 Å². The number of hydrogen-bond acceptors (Lipinski definition) is 4. The highest BCUT2D eigenvalue weighted by molar-refractivity contribution is 5.82. The van der Waals surface area contributed by atoms with Gasteiger partial charge < -0.3 is 24.6 Å². The Labute approximate surface area is 169 Å². The summed E-state index contributed by atoms with van der Waals surface area (Å²) in [7, 11) is 1.84. The van der Waals surface area contributed by atoms with Gasteiger partial charge in [-0.05, 0) is 31.1 Å². The molecule has 3 saturated heterocycles. The molecule has 3 heterocycles. The van der Waals surface area contributed by atoms with E-state index in [9.17, 15) is 4.79 Å². The first-order valence-corrected chi connectivity index (χ1v) is 10.9. The highest BCUT2D eigenvalue weighted by Crippen LogP contribution is 2.33. The molecule has 3 rings (SSSR count). The van der Waals surface area contributed by atoms with Crippen LogP contribution in [-0.4, -0.2) is 86.9 Å². The summed E-state index contributed by atoms with van der Waals surface area (Å²) < 4.78 is 11.7. The number of nitrogens with zero attached hydrogens (tertiary/aromatic N) is 3. The van der Waals surface area contributed by atoms with Crippen molar-refractivity contribution in [2.24, 2.45) is 16.3 Å². The number of nitrogens with one attached hydrogen (secondary N) is 1. The van der Waals surface area contributed by atoms with Gasteiger partial charge in [-0.15, -0.1) is 0 Å². The van der Waals surface area contributed by atoms with Gasteiger partial charge >= 0.3 is 0 Å². The lowest BCUT2D eigenvalue weighted by Crippen LogP contribution is -2.56. The molecule has 0 aromatic rings. The molecule has 0 bridgehead atoms. The number of rotatable bonds is 3. The fourth-order valence-corrected chi connectivity index (χ4v) is 4.68. The van der Waals surface area contributed by atoms with E-state index in [0.717, 1.165) is 64.6 Å². The van der Waals surface area contributed by atoms with E-state index in [1.165, 1.54) is 6.42 Å². The van der Waals surface area contributed by atoms with Gasteiger partial charge in [0.15, 0.2) is 5.96 Å². The van der Waals surface area contributed by atoms with Gasteiger partial charge in [0.2, 0.25) is 0 Å². The largest absolute Gasteiger partial charge is 0.377 e. The molecule has 3 aliphatic rings. The summed E-state index contributed by atoms with van der Waals surface area (Å²) in [5, 5.41) is 3.58. The smallest absolute Gasteiger partial charge is 0.251 e. The number of guanidine groups is 1. The van der Waals surface area contributed by atoms with Crippen LogP contribution in [0.1, 0.15) is 46.5 Å². The number of aliphatic imine (C=N–C) groups is 1. The van der Waals surface area contributed by atoms with Crippen molar-refractivity contribution in [2.75, 3.05) is 53.0 Å². The zero-order valence-corrected chi connectivity index (χ0v) is 18.1. The maximum atomic E-state index is 12.5. The number of carbonyl (C=O) groups excluding carboxylic acids is 1. The Morgan fingerprint density at radius 2 is 1.68 bits per heavy atom. The van der Waals surface area contributed by atoms with Gasteiger partial charge in [-0.2, -0.15) is 0 Å². The van der Waals surface area contributed by atoms with Crippen LogP contribution in [0.3, 0.4) is 0 Å². The zero-order valence-electron chi connectivity index (χ0n) is 18.1. The second-order valence-corrected chi connectivity index (χ2v) is 9.30. The number of piperazine rings is 1. The molecule has 3 unspecified atom stereocenters. The Balaban J connectivity index is 1.48. The highest BCUT2D eigenvalue weighted by atomic mass is 16.5. The summed E-state index contributed by atoms with van der Waals surface area (Å²) in [5.41, 5.74) is 0.143.